The third-order valence-corrected chi connectivity index (χ3v) is 6.46. The molecule has 3 aliphatic rings. The number of aliphatic hydroxyl groups is 1. The monoisotopic (exact) mass is 275 g/mol. The van der Waals surface area contributed by atoms with Gasteiger partial charge >= 0.3 is 0 Å². The van der Waals surface area contributed by atoms with Crippen LogP contribution >= 0.6 is 0 Å². The van der Waals surface area contributed by atoms with Crippen molar-refractivity contribution in [3.05, 3.63) is 35.1 Å². The van der Waals surface area contributed by atoms with E-state index in [0.29, 0.717) is 36.8 Å². The molecule has 0 amide bonds. The molecular formula is C17H22FNO. The molecule has 3 aliphatic carbocycles. The standard InChI is InChI=1S/C17H22FNO/c18-15-3-1-2-14-13(15)6-7-17(14,20)16(10-19)9-11-4-5-12(16)8-11/h1-3,11-12,20H,4-10,19H2. The minimum absolute atomic E-state index is 0.172. The van der Waals surface area contributed by atoms with Gasteiger partial charge in [0.1, 0.15) is 5.82 Å². The van der Waals surface area contributed by atoms with Crippen LogP contribution in [-0.4, -0.2) is 11.7 Å². The van der Waals surface area contributed by atoms with Gasteiger partial charge in [0.15, 0.2) is 0 Å². The quantitative estimate of drug-likeness (QED) is 0.871. The Bertz CT molecular complexity index is 560. The number of nitrogens with two attached hydrogens (primary N) is 1. The Balaban J connectivity index is 1.85. The zero-order chi connectivity index (χ0) is 14.0. The van der Waals surface area contributed by atoms with E-state index in [1.165, 1.54) is 25.3 Å². The van der Waals surface area contributed by atoms with E-state index in [1.54, 1.807) is 6.07 Å². The predicted molar refractivity (Wildman–Crippen MR) is 75.6 cm³/mol. The lowest BCUT2D eigenvalue weighted by Gasteiger charge is -2.48. The van der Waals surface area contributed by atoms with Crippen LogP contribution in [0.25, 0.3) is 0 Å². The molecule has 2 bridgehead atoms. The van der Waals surface area contributed by atoms with Crippen molar-refractivity contribution >= 4 is 0 Å². The number of halogens is 1. The largest absolute Gasteiger partial charge is 0.384 e. The van der Waals surface area contributed by atoms with E-state index in [1.807, 2.05) is 6.07 Å². The highest BCUT2D eigenvalue weighted by Gasteiger charge is 2.62. The van der Waals surface area contributed by atoms with Gasteiger partial charge in [-0.3, -0.25) is 0 Å². The molecule has 0 radical (unpaired) electrons. The number of fused-ring (bicyclic) bond motifs is 3. The molecule has 4 atom stereocenters. The van der Waals surface area contributed by atoms with Crippen molar-refractivity contribution in [2.45, 2.75) is 44.1 Å². The summed E-state index contributed by atoms with van der Waals surface area (Å²) in [5, 5.41) is 11.5. The summed E-state index contributed by atoms with van der Waals surface area (Å²) in [7, 11) is 0. The van der Waals surface area contributed by atoms with Gasteiger partial charge in [0, 0.05) is 12.0 Å². The molecule has 4 rings (SSSR count). The Hall–Kier alpha value is -0.930. The molecule has 20 heavy (non-hydrogen) atoms. The van der Waals surface area contributed by atoms with Crippen molar-refractivity contribution in [2.75, 3.05) is 6.54 Å². The Morgan fingerprint density at radius 2 is 2.20 bits per heavy atom. The first-order valence-electron chi connectivity index (χ1n) is 7.81. The highest BCUT2D eigenvalue weighted by atomic mass is 19.1. The third kappa shape index (κ3) is 1.35. The maximum atomic E-state index is 14.0. The lowest BCUT2D eigenvalue weighted by molar-refractivity contribution is -0.115. The summed E-state index contributed by atoms with van der Waals surface area (Å²) in [6.07, 6.45) is 5.93. The van der Waals surface area contributed by atoms with Crippen molar-refractivity contribution in [3.63, 3.8) is 0 Å². The molecule has 0 heterocycles. The average Bonchev–Trinajstić information content (AvgIpc) is 3.14. The molecule has 1 aromatic rings. The second-order valence-electron chi connectivity index (χ2n) is 7.07. The fraction of sp³-hybridized carbons (Fsp3) is 0.647. The number of rotatable bonds is 2. The van der Waals surface area contributed by atoms with E-state index >= 15 is 0 Å². The molecule has 3 heteroatoms. The molecule has 0 spiro atoms. The van der Waals surface area contributed by atoms with Crippen LogP contribution in [0.15, 0.2) is 18.2 Å². The molecule has 4 unspecified atom stereocenters. The minimum Gasteiger partial charge on any atom is -0.384 e. The van der Waals surface area contributed by atoms with Gasteiger partial charge in [-0.2, -0.15) is 0 Å². The van der Waals surface area contributed by atoms with Crippen LogP contribution < -0.4 is 5.73 Å². The lowest BCUT2D eigenvalue weighted by Crippen LogP contribution is -2.52. The zero-order valence-electron chi connectivity index (χ0n) is 11.7. The minimum atomic E-state index is -0.918. The van der Waals surface area contributed by atoms with E-state index in [0.717, 1.165) is 12.0 Å². The van der Waals surface area contributed by atoms with Crippen molar-refractivity contribution in [3.8, 4) is 0 Å². The SMILES string of the molecule is NCC1(C2(O)CCc3c(F)cccc32)CC2CCC1C2. The molecule has 0 saturated heterocycles. The first kappa shape index (κ1) is 12.8. The molecule has 108 valence electrons. The summed E-state index contributed by atoms with van der Waals surface area (Å²) in [6, 6.07) is 5.14. The fourth-order valence-corrected chi connectivity index (χ4v) is 5.53. The van der Waals surface area contributed by atoms with Gasteiger partial charge in [0.05, 0.1) is 5.60 Å². The van der Waals surface area contributed by atoms with Gasteiger partial charge in [-0.05, 0) is 61.1 Å². The molecule has 2 saturated carbocycles. The van der Waals surface area contributed by atoms with Crippen molar-refractivity contribution < 1.29 is 9.50 Å². The van der Waals surface area contributed by atoms with Crippen LogP contribution in [0.5, 0.6) is 0 Å². The summed E-state index contributed by atoms with van der Waals surface area (Å²) in [6.45, 7) is 0.515. The molecule has 1 aromatic carbocycles. The highest BCUT2D eigenvalue weighted by Crippen LogP contribution is 2.65. The maximum absolute atomic E-state index is 14.0. The molecule has 0 aromatic heterocycles. The van der Waals surface area contributed by atoms with Crippen molar-refractivity contribution in [1.82, 2.24) is 0 Å². The topological polar surface area (TPSA) is 46.2 Å². The normalized spacial score (nSPS) is 42.1. The number of benzene rings is 1. The summed E-state index contributed by atoms with van der Waals surface area (Å²) in [4.78, 5) is 0. The summed E-state index contributed by atoms with van der Waals surface area (Å²) in [5.74, 6) is 1.05. The van der Waals surface area contributed by atoms with Gasteiger partial charge in [-0.1, -0.05) is 18.6 Å². The molecule has 0 aliphatic heterocycles. The third-order valence-electron chi connectivity index (χ3n) is 6.46. The summed E-state index contributed by atoms with van der Waals surface area (Å²) < 4.78 is 14.0. The van der Waals surface area contributed by atoms with Crippen molar-refractivity contribution in [1.29, 1.82) is 0 Å². The number of hydrogen-bond donors (Lipinski definition) is 2. The molecular weight excluding hydrogens is 253 g/mol. The predicted octanol–water partition coefficient (Wildman–Crippen LogP) is 2.72. The van der Waals surface area contributed by atoms with E-state index in [-0.39, 0.29) is 11.2 Å². The van der Waals surface area contributed by atoms with E-state index in [4.69, 9.17) is 5.73 Å². The van der Waals surface area contributed by atoms with E-state index < -0.39 is 5.60 Å². The van der Waals surface area contributed by atoms with Crippen LogP contribution in [0.3, 0.4) is 0 Å². The van der Waals surface area contributed by atoms with Crippen LogP contribution in [0.2, 0.25) is 0 Å². The Kier molecular flexibility index (Phi) is 2.59. The van der Waals surface area contributed by atoms with Crippen LogP contribution in [0, 0.1) is 23.1 Å². The van der Waals surface area contributed by atoms with Crippen LogP contribution in [-0.2, 0) is 12.0 Å². The van der Waals surface area contributed by atoms with Crippen LogP contribution in [0.1, 0.15) is 43.2 Å². The second-order valence-corrected chi connectivity index (χ2v) is 7.07. The smallest absolute Gasteiger partial charge is 0.126 e. The molecule has 3 N–H and O–H groups in total. The van der Waals surface area contributed by atoms with E-state index in [2.05, 4.69) is 0 Å². The second kappa shape index (κ2) is 4.05. The zero-order valence-corrected chi connectivity index (χ0v) is 11.7. The van der Waals surface area contributed by atoms with Gasteiger partial charge in [-0.25, -0.2) is 4.39 Å². The maximum Gasteiger partial charge on any atom is 0.126 e. The van der Waals surface area contributed by atoms with E-state index in [9.17, 15) is 9.50 Å². The molecule has 2 nitrogen and oxygen atoms in total. The van der Waals surface area contributed by atoms with Gasteiger partial charge in [-0.15, -0.1) is 0 Å². The fourth-order valence-electron chi connectivity index (χ4n) is 5.53. The summed E-state index contributed by atoms with van der Waals surface area (Å²) in [5.41, 5.74) is 6.55. The number of hydrogen-bond acceptors (Lipinski definition) is 2. The van der Waals surface area contributed by atoms with Crippen molar-refractivity contribution in [2.24, 2.45) is 23.0 Å². The Morgan fingerprint density at radius 3 is 2.85 bits per heavy atom. The summed E-state index contributed by atoms with van der Waals surface area (Å²) >= 11 is 0. The lowest BCUT2D eigenvalue weighted by atomic mass is 9.60. The van der Waals surface area contributed by atoms with Gasteiger partial charge in [0.25, 0.3) is 0 Å². The average molecular weight is 275 g/mol. The van der Waals surface area contributed by atoms with Gasteiger partial charge < -0.3 is 10.8 Å². The highest BCUT2D eigenvalue weighted by molar-refractivity contribution is 5.41. The first-order valence-corrected chi connectivity index (χ1v) is 7.81. The first-order chi connectivity index (χ1) is 9.61. The molecule has 2 fully saturated rings. The van der Waals surface area contributed by atoms with Gasteiger partial charge in [0.2, 0.25) is 0 Å². The Labute approximate surface area is 119 Å². The Morgan fingerprint density at radius 1 is 1.35 bits per heavy atom. The van der Waals surface area contributed by atoms with Crippen LogP contribution in [0.4, 0.5) is 4.39 Å².